The number of aliphatic carboxylic acids is 1. The molecule has 0 heterocycles. The average molecular weight is 243 g/mol. The second-order valence-electron chi connectivity index (χ2n) is 4.88. The van der Waals surface area contributed by atoms with Gasteiger partial charge >= 0.3 is 5.97 Å². The summed E-state index contributed by atoms with van der Waals surface area (Å²) in [5.41, 5.74) is 0. The molecule has 1 saturated carbocycles. The summed E-state index contributed by atoms with van der Waals surface area (Å²) in [4.78, 5) is 22.6. The van der Waals surface area contributed by atoms with Gasteiger partial charge in [0, 0.05) is 5.92 Å². The maximum absolute atomic E-state index is 11.8. The molecule has 0 aliphatic heterocycles. The molecule has 1 amide bonds. The molecule has 0 bridgehead atoms. The highest BCUT2D eigenvalue weighted by Gasteiger charge is 2.30. The Morgan fingerprint density at radius 1 is 1.18 bits per heavy atom. The van der Waals surface area contributed by atoms with Gasteiger partial charge in [-0.25, -0.2) is 0 Å². The Balaban J connectivity index is 2.50. The SMILES string of the molecule is CC(C(=O)O)C(C)C(=O)N[C@H]1CCCC[C@@H]1O. The molecule has 0 saturated heterocycles. The second kappa shape index (κ2) is 6.00. The lowest BCUT2D eigenvalue weighted by atomic mass is 9.90. The van der Waals surface area contributed by atoms with Gasteiger partial charge in [-0.3, -0.25) is 9.59 Å². The lowest BCUT2D eigenvalue weighted by Gasteiger charge is -2.29. The number of carboxylic acids is 1. The summed E-state index contributed by atoms with van der Waals surface area (Å²) in [5, 5.41) is 21.3. The fourth-order valence-electron chi connectivity index (χ4n) is 2.03. The van der Waals surface area contributed by atoms with Crippen LogP contribution in [0, 0.1) is 11.8 Å². The average Bonchev–Trinajstić information content (AvgIpc) is 2.30. The third-order valence-corrected chi connectivity index (χ3v) is 3.61. The molecule has 5 nitrogen and oxygen atoms in total. The Kier molecular flexibility index (Phi) is 4.93. The standard InChI is InChI=1S/C12H21NO4/c1-7(8(2)12(16)17)11(15)13-9-5-3-4-6-10(9)14/h7-10,14H,3-6H2,1-2H3,(H,13,15)(H,16,17)/t7?,8?,9-,10-/m0/s1. The highest BCUT2D eigenvalue weighted by atomic mass is 16.4. The van der Waals surface area contributed by atoms with E-state index in [1.807, 2.05) is 0 Å². The second-order valence-corrected chi connectivity index (χ2v) is 4.88. The molecule has 98 valence electrons. The van der Waals surface area contributed by atoms with Crippen LogP contribution in [-0.2, 0) is 9.59 Å². The van der Waals surface area contributed by atoms with Gasteiger partial charge in [-0.05, 0) is 12.8 Å². The van der Waals surface area contributed by atoms with Gasteiger partial charge in [-0.2, -0.15) is 0 Å². The molecule has 1 aliphatic rings. The van der Waals surface area contributed by atoms with Crippen molar-refractivity contribution in [2.75, 3.05) is 0 Å². The van der Waals surface area contributed by atoms with Crippen molar-refractivity contribution in [3.63, 3.8) is 0 Å². The largest absolute Gasteiger partial charge is 0.481 e. The summed E-state index contributed by atoms with van der Waals surface area (Å²) >= 11 is 0. The van der Waals surface area contributed by atoms with Crippen LogP contribution in [0.5, 0.6) is 0 Å². The number of carboxylic acid groups (broad SMARTS) is 1. The summed E-state index contributed by atoms with van der Waals surface area (Å²) in [6.45, 7) is 3.12. The van der Waals surface area contributed by atoms with Gasteiger partial charge < -0.3 is 15.5 Å². The van der Waals surface area contributed by atoms with E-state index in [9.17, 15) is 14.7 Å². The van der Waals surface area contributed by atoms with Crippen LogP contribution in [-0.4, -0.2) is 34.2 Å². The van der Waals surface area contributed by atoms with Crippen LogP contribution in [0.3, 0.4) is 0 Å². The zero-order valence-corrected chi connectivity index (χ0v) is 10.3. The molecule has 1 aliphatic carbocycles. The molecular weight excluding hydrogens is 222 g/mol. The van der Waals surface area contributed by atoms with Crippen molar-refractivity contribution in [1.82, 2.24) is 5.32 Å². The fraction of sp³-hybridized carbons (Fsp3) is 0.833. The quantitative estimate of drug-likeness (QED) is 0.680. The van der Waals surface area contributed by atoms with Crippen molar-refractivity contribution < 1.29 is 19.8 Å². The van der Waals surface area contributed by atoms with Crippen LogP contribution < -0.4 is 5.32 Å². The molecule has 1 fully saturated rings. The van der Waals surface area contributed by atoms with Crippen molar-refractivity contribution in [3.05, 3.63) is 0 Å². The Labute approximate surface area is 101 Å². The molecule has 17 heavy (non-hydrogen) atoms. The molecule has 0 aromatic heterocycles. The third-order valence-electron chi connectivity index (χ3n) is 3.61. The van der Waals surface area contributed by atoms with Gasteiger partial charge in [0.25, 0.3) is 0 Å². The highest BCUT2D eigenvalue weighted by Crippen LogP contribution is 2.19. The first-order valence-corrected chi connectivity index (χ1v) is 6.14. The lowest BCUT2D eigenvalue weighted by Crippen LogP contribution is -2.48. The summed E-state index contributed by atoms with van der Waals surface area (Å²) in [6.07, 6.45) is 2.94. The molecule has 0 aromatic carbocycles. The van der Waals surface area contributed by atoms with Crippen molar-refractivity contribution >= 4 is 11.9 Å². The van der Waals surface area contributed by atoms with E-state index in [4.69, 9.17) is 5.11 Å². The van der Waals surface area contributed by atoms with Gasteiger partial charge in [0.1, 0.15) is 0 Å². The molecule has 3 N–H and O–H groups in total. The fourth-order valence-corrected chi connectivity index (χ4v) is 2.03. The molecular formula is C12H21NO4. The monoisotopic (exact) mass is 243 g/mol. The number of hydrogen-bond donors (Lipinski definition) is 3. The minimum Gasteiger partial charge on any atom is -0.481 e. The molecule has 0 aromatic rings. The maximum Gasteiger partial charge on any atom is 0.307 e. The summed E-state index contributed by atoms with van der Waals surface area (Å²) in [7, 11) is 0. The van der Waals surface area contributed by atoms with Gasteiger partial charge in [-0.1, -0.05) is 26.7 Å². The Morgan fingerprint density at radius 3 is 2.29 bits per heavy atom. The first-order valence-electron chi connectivity index (χ1n) is 6.14. The van der Waals surface area contributed by atoms with Crippen LogP contribution in [0.15, 0.2) is 0 Å². The number of hydrogen-bond acceptors (Lipinski definition) is 3. The van der Waals surface area contributed by atoms with E-state index in [1.165, 1.54) is 6.92 Å². The van der Waals surface area contributed by atoms with Gasteiger partial charge in [0.2, 0.25) is 5.91 Å². The maximum atomic E-state index is 11.8. The van der Waals surface area contributed by atoms with E-state index in [1.54, 1.807) is 6.92 Å². The highest BCUT2D eigenvalue weighted by molar-refractivity contribution is 5.84. The minimum atomic E-state index is -0.975. The van der Waals surface area contributed by atoms with Gasteiger partial charge in [-0.15, -0.1) is 0 Å². The van der Waals surface area contributed by atoms with E-state index >= 15 is 0 Å². The van der Waals surface area contributed by atoms with Crippen LogP contribution in [0.25, 0.3) is 0 Å². The van der Waals surface area contributed by atoms with Crippen LogP contribution in [0.1, 0.15) is 39.5 Å². The predicted molar refractivity (Wildman–Crippen MR) is 62.4 cm³/mol. The van der Waals surface area contributed by atoms with E-state index in [-0.39, 0.29) is 11.9 Å². The van der Waals surface area contributed by atoms with Gasteiger partial charge in [0.15, 0.2) is 0 Å². The molecule has 1 rings (SSSR count). The summed E-state index contributed by atoms with van der Waals surface area (Å²) in [5.74, 6) is -2.56. The zero-order valence-electron chi connectivity index (χ0n) is 10.3. The first-order chi connectivity index (χ1) is 7.93. The molecule has 4 atom stereocenters. The number of aliphatic hydroxyl groups excluding tert-OH is 1. The number of nitrogens with one attached hydrogen (secondary N) is 1. The van der Waals surface area contributed by atoms with Gasteiger partial charge in [0.05, 0.1) is 18.1 Å². The number of carbonyl (C=O) groups is 2. The molecule has 2 unspecified atom stereocenters. The van der Waals surface area contributed by atoms with E-state index in [0.29, 0.717) is 6.42 Å². The molecule has 0 spiro atoms. The number of aliphatic hydroxyl groups is 1. The number of amides is 1. The molecule has 0 radical (unpaired) electrons. The summed E-state index contributed by atoms with van der Waals surface area (Å²) < 4.78 is 0. The normalized spacial score (nSPS) is 28.2. The smallest absolute Gasteiger partial charge is 0.307 e. The minimum absolute atomic E-state index is 0.223. The topological polar surface area (TPSA) is 86.6 Å². The predicted octanol–water partition coefficient (Wildman–Crippen LogP) is 0.763. The van der Waals surface area contributed by atoms with E-state index in [0.717, 1.165) is 19.3 Å². The Hall–Kier alpha value is -1.10. The zero-order chi connectivity index (χ0) is 13.0. The van der Waals surface area contributed by atoms with E-state index < -0.39 is 23.9 Å². The first kappa shape index (κ1) is 14.0. The van der Waals surface area contributed by atoms with Crippen molar-refractivity contribution in [1.29, 1.82) is 0 Å². The Morgan fingerprint density at radius 2 is 1.76 bits per heavy atom. The number of rotatable bonds is 4. The lowest BCUT2D eigenvalue weighted by molar-refractivity contribution is -0.146. The van der Waals surface area contributed by atoms with Crippen molar-refractivity contribution in [2.24, 2.45) is 11.8 Å². The third kappa shape index (κ3) is 3.70. The van der Waals surface area contributed by atoms with Crippen molar-refractivity contribution in [3.8, 4) is 0 Å². The Bertz CT molecular complexity index is 292. The van der Waals surface area contributed by atoms with E-state index in [2.05, 4.69) is 5.32 Å². The van der Waals surface area contributed by atoms with Crippen LogP contribution in [0.2, 0.25) is 0 Å². The van der Waals surface area contributed by atoms with Crippen LogP contribution >= 0.6 is 0 Å². The molecule has 5 heteroatoms. The van der Waals surface area contributed by atoms with Crippen LogP contribution in [0.4, 0.5) is 0 Å². The van der Waals surface area contributed by atoms with Crippen molar-refractivity contribution in [2.45, 2.75) is 51.7 Å². The number of carbonyl (C=O) groups excluding carboxylic acids is 1. The summed E-state index contributed by atoms with van der Waals surface area (Å²) in [6, 6.07) is -0.223.